The van der Waals surface area contributed by atoms with E-state index in [1.165, 1.54) is 10.6 Å². The van der Waals surface area contributed by atoms with Gasteiger partial charge in [0.25, 0.3) is 0 Å². The van der Waals surface area contributed by atoms with Crippen LogP contribution in [0.4, 0.5) is 0 Å². The molecular weight excluding hydrogens is 274 g/mol. The molecule has 0 atom stereocenters. The van der Waals surface area contributed by atoms with E-state index in [-0.39, 0.29) is 11.1 Å². The first-order valence-electron chi connectivity index (χ1n) is 6.55. The first-order valence-corrected chi connectivity index (χ1v) is 6.55. The Morgan fingerprint density at radius 3 is 2.67 bits per heavy atom. The molecule has 1 heterocycles. The highest BCUT2D eigenvalue weighted by molar-refractivity contribution is 6.00. The molecule has 2 rings (SSSR count). The fourth-order valence-electron chi connectivity index (χ4n) is 2.24. The van der Waals surface area contributed by atoms with Crippen LogP contribution in [0.15, 0.2) is 27.8 Å². The maximum Gasteiger partial charge on any atom is 0.337 e. The molecule has 1 aromatic heterocycles. The lowest BCUT2D eigenvalue weighted by atomic mass is 10.1. The smallest absolute Gasteiger partial charge is 0.337 e. The summed E-state index contributed by atoms with van der Waals surface area (Å²) < 4.78 is 1.34. The van der Waals surface area contributed by atoms with Crippen LogP contribution in [-0.2, 0) is 6.54 Å². The van der Waals surface area contributed by atoms with Crippen LogP contribution in [0.25, 0.3) is 11.0 Å². The van der Waals surface area contributed by atoms with Crippen molar-refractivity contribution < 1.29 is 9.90 Å². The first-order chi connectivity index (χ1) is 9.91. The van der Waals surface area contributed by atoms with Gasteiger partial charge in [-0.05, 0) is 39.2 Å². The number of aromatic carboxylic acids is 1. The Morgan fingerprint density at radius 2 is 2.05 bits per heavy atom. The van der Waals surface area contributed by atoms with Crippen molar-refractivity contribution in [2.75, 3.05) is 20.6 Å². The summed E-state index contributed by atoms with van der Waals surface area (Å²) in [6.07, 6.45) is 0.683. The number of H-pyrrole nitrogens is 1. The van der Waals surface area contributed by atoms with Gasteiger partial charge in [0, 0.05) is 6.54 Å². The molecule has 0 aliphatic heterocycles. The number of nitrogens with zero attached hydrogens (tertiary/aromatic N) is 2. The van der Waals surface area contributed by atoms with Crippen LogP contribution in [0, 0.1) is 0 Å². The summed E-state index contributed by atoms with van der Waals surface area (Å²) in [4.78, 5) is 39.3. The number of aryl methyl sites for hydroxylation is 1. The average molecular weight is 291 g/mol. The molecule has 0 bridgehead atoms. The second-order valence-corrected chi connectivity index (χ2v) is 5.07. The number of para-hydroxylation sites is 1. The Hall–Kier alpha value is -2.41. The predicted molar refractivity (Wildman–Crippen MR) is 79.0 cm³/mol. The van der Waals surface area contributed by atoms with Crippen LogP contribution in [0.3, 0.4) is 0 Å². The predicted octanol–water partition coefficient (Wildman–Crippen LogP) is 0.340. The van der Waals surface area contributed by atoms with Crippen molar-refractivity contribution in [1.29, 1.82) is 0 Å². The lowest BCUT2D eigenvalue weighted by Gasteiger charge is -2.13. The van der Waals surface area contributed by atoms with E-state index < -0.39 is 17.1 Å². The van der Waals surface area contributed by atoms with Gasteiger partial charge in [-0.1, -0.05) is 6.07 Å². The van der Waals surface area contributed by atoms with Gasteiger partial charge in [0.05, 0.1) is 16.6 Å². The van der Waals surface area contributed by atoms with Crippen LogP contribution in [-0.4, -0.2) is 46.2 Å². The largest absolute Gasteiger partial charge is 0.478 e. The van der Waals surface area contributed by atoms with Gasteiger partial charge in [-0.25, -0.2) is 4.79 Å². The van der Waals surface area contributed by atoms with Gasteiger partial charge < -0.3 is 19.6 Å². The number of hydrogen-bond acceptors (Lipinski definition) is 4. The van der Waals surface area contributed by atoms with Gasteiger partial charge >= 0.3 is 17.1 Å². The minimum absolute atomic E-state index is 0.0223. The molecule has 0 unspecified atom stereocenters. The van der Waals surface area contributed by atoms with Gasteiger partial charge in [0.1, 0.15) is 0 Å². The fourth-order valence-corrected chi connectivity index (χ4v) is 2.24. The molecule has 0 aliphatic rings. The van der Waals surface area contributed by atoms with Crippen LogP contribution >= 0.6 is 0 Å². The number of carboxylic acid groups (broad SMARTS) is 1. The summed E-state index contributed by atoms with van der Waals surface area (Å²) >= 11 is 0. The minimum atomic E-state index is -1.14. The van der Waals surface area contributed by atoms with E-state index in [1.807, 2.05) is 19.0 Å². The number of aromatic amines is 1. The molecule has 2 aromatic rings. The summed E-state index contributed by atoms with van der Waals surface area (Å²) in [7, 11) is 3.84. The Kier molecular flexibility index (Phi) is 4.23. The summed E-state index contributed by atoms with van der Waals surface area (Å²) in [5.41, 5.74) is -0.881. The van der Waals surface area contributed by atoms with E-state index in [2.05, 4.69) is 4.98 Å². The van der Waals surface area contributed by atoms with Gasteiger partial charge in [-0.3, -0.25) is 9.59 Å². The van der Waals surface area contributed by atoms with E-state index >= 15 is 0 Å². The third-order valence-electron chi connectivity index (χ3n) is 3.23. The standard InChI is InChI=1S/C14H17N3O4/c1-16(2)7-4-8-17-10-6-3-5-9(14(20)21)11(10)15-12(18)13(17)19/h3,5-6H,4,7-8H2,1-2H3,(H,15,18)(H,20,21). The van der Waals surface area contributed by atoms with E-state index in [9.17, 15) is 14.4 Å². The minimum Gasteiger partial charge on any atom is -0.478 e. The highest BCUT2D eigenvalue weighted by atomic mass is 16.4. The highest BCUT2D eigenvalue weighted by Gasteiger charge is 2.14. The van der Waals surface area contributed by atoms with Crippen molar-refractivity contribution >= 4 is 17.0 Å². The zero-order valence-electron chi connectivity index (χ0n) is 11.9. The number of hydrogen-bond donors (Lipinski definition) is 2. The average Bonchev–Trinajstić information content (AvgIpc) is 2.42. The van der Waals surface area contributed by atoms with Crippen LogP contribution in [0.2, 0.25) is 0 Å². The Morgan fingerprint density at radius 1 is 1.33 bits per heavy atom. The third kappa shape index (κ3) is 3.03. The quantitative estimate of drug-likeness (QED) is 0.775. The molecule has 0 aliphatic carbocycles. The fraction of sp³-hybridized carbons (Fsp3) is 0.357. The molecule has 0 saturated carbocycles. The molecule has 0 fully saturated rings. The Bertz CT molecular complexity index is 789. The topological polar surface area (TPSA) is 95.4 Å². The van der Waals surface area contributed by atoms with Gasteiger partial charge in [0.2, 0.25) is 0 Å². The number of carboxylic acids is 1. The number of nitrogens with one attached hydrogen (secondary N) is 1. The van der Waals surface area contributed by atoms with E-state index in [0.29, 0.717) is 18.5 Å². The summed E-state index contributed by atoms with van der Waals surface area (Å²) in [5.74, 6) is -1.14. The second kappa shape index (κ2) is 5.92. The molecule has 0 amide bonds. The normalized spacial score (nSPS) is 11.2. The summed E-state index contributed by atoms with van der Waals surface area (Å²) in [5, 5.41) is 9.17. The maximum atomic E-state index is 12.0. The SMILES string of the molecule is CN(C)CCCn1c(=O)c(=O)[nH]c2c(C(=O)O)cccc21. The summed E-state index contributed by atoms with van der Waals surface area (Å²) in [6, 6.07) is 4.59. The van der Waals surface area contributed by atoms with E-state index in [1.54, 1.807) is 12.1 Å². The Balaban J connectivity index is 2.60. The second-order valence-electron chi connectivity index (χ2n) is 5.07. The molecule has 7 heteroatoms. The van der Waals surface area contributed by atoms with E-state index in [4.69, 9.17) is 5.11 Å². The molecule has 7 nitrogen and oxygen atoms in total. The zero-order valence-corrected chi connectivity index (χ0v) is 11.9. The lowest BCUT2D eigenvalue weighted by Crippen LogP contribution is -2.37. The van der Waals surface area contributed by atoms with Crippen molar-refractivity contribution in [2.24, 2.45) is 0 Å². The molecule has 1 aromatic carbocycles. The number of rotatable bonds is 5. The monoisotopic (exact) mass is 291 g/mol. The molecule has 0 saturated heterocycles. The molecule has 0 spiro atoms. The van der Waals surface area contributed by atoms with Crippen LogP contribution in [0.5, 0.6) is 0 Å². The number of aromatic nitrogens is 2. The van der Waals surface area contributed by atoms with Crippen molar-refractivity contribution in [3.63, 3.8) is 0 Å². The van der Waals surface area contributed by atoms with Crippen molar-refractivity contribution in [3.8, 4) is 0 Å². The molecule has 21 heavy (non-hydrogen) atoms. The number of fused-ring (bicyclic) bond motifs is 1. The van der Waals surface area contributed by atoms with Crippen molar-refractivity contribution in [1.82, 2.24) is 14.5 Å². The molecule has 0 radical (unpaired) electrons. The van der Waals surface area contributed by atoms with Crippen LogP contribution < -0.4 is 11.1 Å². The third-order valence-corrected chi connectivity index (χ3v) is 3.23. The number of benzene rings is 1. The van der Waals surface area contributed by atoms with E-state index in [0.717, 1.165) is 6.54 Å². The van der Waals surface area contributed by atoms with Gasteiger partial charge in [0.15, 0.2) is 0 Å². The zero-order chi connectivity index (χ0) is 15.6. The summed E-state index contributed by atoms with van der Waals surface area (Å²) in [6.45, 7) is 1.12. The van der Waals surface area contributed by atoms with Gasteiger partial charge in [-0.2, -0.15) is 0 Å². The first kappa shape index (κ1) is 15.0. The molecule has 112 valence electrons. The Labute approximate surface area is 120 Å². The number of carbonyl (C=O) groups is 1. The van der Waals surface area contributed by atoms with Gasteiger partial charge in [-0.15, -0.1) is 0 Å². The molecular formula is C14H17N3O4. The maximum absolute atomic E-state index is 12.0. The van der Waals surface area contributed by atoms with Crippen LogP contribution in [0.1, 0.15) is 16.8 Å². The lowest BCUT2D eigenvalue weighted by molar-refractivity contribution is 0.0699. The van der Waals surface area contributed by atoms with Crippen molar-refractivity contribution in [2.45, 2.75) is 13.0 Å². The van der Waals surface area contributed by atoms with Crippen molar-refractivity contribution in [3.05, 3.63) is 44.5 Å². The highest BCUT2D eigenvalue weighted by Crippen LogP contribution is 2.14. The molecule has 2 N–H and O–H groups in total.